The molecule has 1 aliphatic heterocycles. The van der Waals surface area contributed by atoms with E-state index in [1.165, 1.54) is 0 Å². The van der Waals surface area contributed by atoms with Crippen LogP contribution < -0.4 is 5.32 Å². The zero-order chi connectivity index (χ0) is 6.81. The Morgan fingerprint density at radius 1 is 1.20 bits per heavy atom. The van der Waals surface area contributed by atoms with Crippen molar-refractivity contribution in [2.45, 2.75) is 0 Å². The van der Waals surface area contributed by atoms with E-state index in [1.54, 1.807) is 6.20 Å². The molecule has 0 N–H and O–H groups in total. The highest BCUT2D eigenvalue weighted by molar-refractivity contribution is 5.50. The van der Waals surface area contributed by atoms with Crippen LogP contribution in [-0.4, -0.2) is 4.57 Å². The second kappa shape index (κ2) is 2.06. The summed E-state index contributed by atoms with van der Waals surface area (Å²) in [4.78, 5) is 0. The fraction of sp³-hybridized carbons (Fsp3) is 0. The summed E-state index contributed by atoms with van der Waals surface area (Å²) in [6.45, 7) is 0. The maximum Gasteiger partial charge on any atom is 0.136 e. The van der Waals surface area contributed by atoms with E-state index < -0.39 is 0 Å². The molecule has 0 saturated carbocycles. The van der Waals surface area contributed by atoms with Gasteiger partial charge in [0.25, 0.3) is 0 Å². The summed E-state index contributed by atoms with van der Waals surface area (Å²) >= 11 is 0. The molecule has 2 heterocycles. The Bertz CT molecular complexity index is 267. The Labute approximate surface area is 59.5 Å². The van der Waals surface area contributed by atoms with Crippen LogP contribution in [0.5, 0.6) is 0 Å². The first-order valence-electron chi connectivity index (χ1n) is 3.18. The smallest absolute Gasteiger partial charge is 0.136 e. The molecule has 0 amide bonds. The third kappa shape index (κ3) is 0.739. The SMILES string of the molecule is C1=C[N]C(n2cccc2)=C1. The van der Waals surface area contributed by atoms with E-state index >= 15 is 0 Å². The van der Waals surface area contributed by atoms with E-state index in [0.717, 1.165) is 5.82 Å². The third-order valence-electron chi connectivity index (χ3n) is 1.41. The second-order valence-electron chi connectivity index (χ2n) is 2.09. The van der Waals surface area contributed by atoms with Gasteiger partial charge in [0.15, 0.2) is 0 Å². The number of nitrogens with zero attached hydrogens (tertiary/aromatic N) is 2. The second-order valence-corrected chi connectivity index (χ2v) is 2.09. The molecule has 0 aromatic carbocycles. The molecule has 2 rings (SSSR count). The molecule has 2 nitrogen and oxygen atoms in total. The summed E-state index contributed by atoms with van der Waals surface area (Å²) in [5.74, 6) is 0.977. The number of aromatic nitrogens is 1. The van der Waals surface area contributed by atoms with Crippen LogP contribution in [0.2, 0.25) is 0 Å². The lowest BCUT2D eigenvalue weighted by Gasteiger charge is -1.99. The maximum absolute atomic E-state index is 4.12. The van der Waals surface area contributed by atoms with Crippen molar-refractivity contribution in [1.29, 1.82) is 0 Å². The molecule has 1 aromatic rings. The lowest BCUT2D eigenvalue weighted by atomic mass is 10.6. The van der Waals surface area contributed by atoms with Gasteiger partial charge in [-0.05, 0) is 24.3 Å². The highest BCUT2D eigenvalue weighted by Crippen LogP contribution is 2.07. The Hall–Kier alpha value is -1.44. The highest BCUT2D eigenvalue weighted by atomic mass is 15.1. The fourth-order valence-electron chi connectivity index (χ4n) is 0.932. The van der Waals surface area contributed by atoms with Gasteiger partial charge in [-0.25, -0.2) is 5.32 Å². The van der Waals surface area contributed by atoms with Crippen molar-refractivity contribution >= 4 is 5.82 Å². The normalized spacial score (nSPS) is 15.0. The summed E-state index contributed by atoms with van der Waals surface area (Å²) in [7, 11) is 0. The van der Waals surface area contributed by atoms with Crippen molar-refractivity contribution in [3.8, 4) is 0 Å². The average Bonchev–Trinajstić information content (AvgIpc) is 2.59. The quantitative estimate of drug-likeness (QED) is 0.549. The molecular weight excluding hydrogens is 124 g/mol. The van der Waals surface area contributed by atoms with Crippen LogP contribution >= 0.6 is 0 Å². The molecular formula is C8H7N2. The minimum absolute atomic E-state index is 0.977. The lowest BCUT2D eigenvalue weighted by Crippen LogP contribution is -1.98. The van der Waals surface area contributed by atoms with Crippen LogP contribution in [0, 0.1) is 0 Å². The summed E-state index contributed by atoms with van der Waals surface area (Å²) in [6.07, 6.45) is 9.63. The number of hydrogen-bond donors (Lipinski definition) is 0. The fourth-order valence-corrected chi connectivity index (χ4v) is 0.932. The van der Waals surface area contributed by atoms with Crippen LogP contribution in [0.4, 0.5) is 0 Å². The topological polar surface area (TPSA) is 19.0 Å². The van der Waals surface area contributed by atoms with Crippen LogP contribution in [0.15, 0.2) is 42.9 Å². The Morgan fingerprint density at radius 3 is 2.60 bits per heavy atom. The van der Waals surface area contributed by atoms with Gasteiger partial charge < -0.3 is 4.57 Å². The molecule has 0 fully saturated rings. The van der Waals surface area contributed by atoms with Crippen molar-refractivity contribution in [3.05, 3.63) is 42.9 Å². The monoisotopic (exact) mass is 131 g/mol. The zero-order valence-corrected chi connectivity index (χ0v) is 5.44. The number of rotatable bonds is 1. The maximum atomic E-state index is 4.12. The van der Waals surface area contributed by atoms with Crippen molar-refractivity contribution < 1.29 is 0 Å². The third-order valence-corrected chi connectivity index (χ3v) is 1.41. The molecule has 1 aliphatic rings. The van der Waals surface area contributed by atoms with Crippen molar-refractivity contribution in [2.24, 2.45) is 0 Å². The molecule has 0 saturated heterocycles. The first-order valence-corrected chi connectivity index (χ1v) is 3.18. The van der Waals surface area contributed by atoms with E-state index in [9.17, 15) is 0 Å². The van der Waals surface area contributed by atoms with Gasteiger partial charge in [-0.3, -0.25) is 0 Å². The van der Waals surface area contributed by atoms with Gasteiger partial charge in [0.05, 0.1) is 0 Å². The van der Waals surface area contributed by atoms with Crippen LogP contribution in [0.1, 0.15) is 0 Å². The Morgan fingerprint density at radius 2 is 2.00 bits per heavy atom. The van der Waals surface area contributed by atoms with Gasteiger partial charge >= 0.3 is 0 Å². The van der Waals surface area contributed by atoms with Gasteiger partial charge in [-0.15, -0.1) is 0 Å². The molecule has 0 aliphatic carbocycles. The minimum atomic E-state index is 0.977. The zero-order valence-electron chi connectivity index (χ0n) is 5.44. The Balaban J connectivity index is 2.30. The van der Waals surface area contributed by atoms with Gasteiger partial charge in [0, 0.05) is 18.6 Å². The molecule has 0 spiro atoms. The first kappa shape index (κ1) is 5.35. The molecule has 10 heavy (non-hydrogen) atoms. The molecule has 0 bridgehead atoms. The molecule has 1 radical (unpaired) electrons. The van der Waals surface area contributed by atoms with Crippen LogP contribution in [-0.2, 0) is 0 Å². The van der Waals surface area contributed by atoms with Crippen molar-refractivity contribution in [3.63, 3.8) is 0 Å². The number of allylic oxidation sites excluding steroid dienone is 2. The summed E-state index contributed by atoms with van der Waals surface area (Å²) in [6, 6.07) is 3.96. The number of hydrogen-bond acceptors (Lipinski definition) is 0. The van der Waals surface area contributed by atoms with E-state index in [-0.39, 0.29) is 0 Å². The minimum Gasteiger partial charge on any atom is -0.309 e. The van der Waals surface area contributed by atoms with Crippen LogP contribution in [0.3, 0.4) is 0 Å². The van der Waals surface area contributed by atoms with Gasteiger partial charge in [0.1, 0.15) is 5.82 Å². The van der Waals surface area contributed by atoms with E-state index in [2.05, 4.69) is 5.32 Å². The average molecular weight is 131 g/mol. The van der Waals surface area contributed by atoms with Gasteiger partial charge in [0.2, 0.25) is 0 Å². The highest BCUT2D eigenvalue weighted by Gasteiger charge is 1.99. The molecule has 0 unspecified atom stereocenters. The predicted molar refractivity (Wildman–Crippen MR) is 40.0 cm³/mol. The van der Waals surface area contributed by atoms with Gasteiger partial charge in [-0.1, -0.05) is 0 Å². The largest absolute Gasteiger partial charge is 0.309 e. The summed E-state index contributed by atoms with van der Waals surface area (Å²) < 4.78 is 1.97. The molecule has 0 atom stereocenters. The van der Waals surface area contributed by atoms with Crippen molar-refractivity contribution in [1.82, 2.24) is 9.88 Å². The standard InChI is InChI=1S/C8H7N2/c1-2-7-10(6-1)8-4-3-5-9-8/h1-7H. The Kier molecular flexibility index (Phi) is 1.10. The predicted octanol–water partition coefficient (Wildman–Crippen LogP) is 1.42. The van der Waals surface area contributed by atoms with Crippen LogP contribution in [0.25, 0.3) is 5.82 Å². The summed E-state index contributed by atoms with van der Waals surface area (Å²) in [5, 5.41) is 4.12. The van der Waals surface area contributed by atoms with E-state index in [1.807, 2.05) is 41.2 Å². The molecule has 2 heteroatoms. The first-order chi connectivity index (χ1) is 4.97. The lowest BCUT2D eigenvalue weighted by molar-refractivity contribution is 1.00. The van der Waals surface area contributed by atoms with E-state index in [4.69, 9.17) is 0 Å². The summed E-state index contributed by atoms with van der Waals surface area (Å²) in [5.41, 5.74) is 0. The van der Waals surface area contributed by atoms with Gasteiger partial charge in [-0.2, -0.15) is 0 Å². The van der Waals surface area contributed by atoms with Crippen molar-refractivity contribution in [2.75, 3.05) is 0 Å². The molecule has 49 valence electrons. The molecule has 1 aromatic heterocycles. The van der Waals surface area contributed by atoms with E-state index in [0.29, 0.717) is 0 Å².